The summed E-state index contributed by atoms with van der Waals surface area (Å²) >= 11 is 0. The lowest BCUT2D eigenvalue weighted by atomic mass is 10.2. The highest BCUT2D eigenvalue weighted by molar-refractivity contribution is 5.90. The molecule has 1 aromatic carbocycles. The molecule has 0 unspecified atom stereocenters. The Morgan fingerprint density at radius 3 is 2.74 bits per heavy atom. The van der Waals surface area contributed by atoms with Gasteiger partial charge in [0.2, 0.25) is 5.88 Å². The molecule has 6 heteroatoms. The van der Waals surface area contributed by atoms with Crippen LogP contribution in [0.1, 0.15) is 16.1 Å². The van der Waals surface area contributed by atoms with Crippen LogP contribution < -0.4 is 10.1 Å². The summed E-state index contributed by atoms with van der Waals surface area (Å²) in [6.45, 7) is 1.60. The van der Waals surface area contributed by atoms with E-state index in [1.54, 1.807) is 37.3 Å². The zero-order valence-corrected chi connectivity index (χ0v) is 10.3. The van der Waals surface area contributed by atoms with Gasteiger partial charge >= 0.3 is 0 Å². The van der Waals surface area contributed by atoms with Crippen molar-refractivity contribution in [2.45, 2.75) is 6.92 Å². The van der Waals surface area contributed by atoms with Crippen molar-refractivity contribution in [2.75, 3.05) is 11.9 Å². The summed E-state index contributed by atoms with van der Waals surface area (Å²) < 4.78 is 10.1. The van der Waals surface area contributed by atoms with Crippen molar-refractivity contribution in [2.24, 2.45) is 0 Å². The molecule has 1 heterocycles. The number of ether oxygens (including phenoxy) is 1. The minimum atomic E-state index is -0.351. The first-order valence-electron chi connectivity index (χ1n) is 5.58. The van der Waals surface area contributed by atoms with Gasteiger partial charge in [0.25, 0.3) is 5.91 Å². The van der Waals surface area contributed by atoms with Crippen molar-refractivity contribution < 1.29 is 18.8 Å². The Balaban J connectivity index is 1.84. The van der Waals surface area contributed by atoms with Gasteiger partial charge in [-0.3, -0.25) is 14.9 Å². The second-order valence-electron chi connectivity index (χ2n) is 3.86. The van der Waals surface area contributed by atoms with Crippen LogP contribution in [0, 0.1) is 6.92 Å². The summed E-state index contributed by atoms with van der Waals surface area (Å²) in [5.41, 5.74) is 1.23. The molecule has 19 heavy (non-hydrogen) atoms. The molecule has 1 N–H and O–H groups in total. The number of aldehydes is 1. The first-order valence-corrected chi connectivity index (χ1v) is 5.58. The lowest BCUT2D eigenvalue weighted by molar-refractivity contribution is -0.118. The Kier molecular flexibility index (Phi) is 3.92. The Hall–Kier alpha value is -2.63. The third-order valence-corrected chi connectivity index (χ3v) is 2.28. The second kappa shape index (κ2) is 5.81. The molecular formula is C13H12N2O4. The number of carbonyl (C=O) groups is 2. The van der Waals surface area contributed by atoms with E-state index in [9.17, 15) is 9.59 Å². The molecule has 6 nitrogen and oxygen atoms in total. The van der Waals surface area contributed by atoms with E-state index < -0.39 is 0 Å². The molecule has 0 spiro atoms. The largest absolute Gasteiger partial charge is 0.484 e. The van der Waals surface area contributed by atoms with Gasteiger partial charge in [0.1, 0.15) is 12.0 Å². The van der Waals surface area contributed by atoms with E-state index in [0.29, 0.717) is 17.0 Å². The van der Waals surface area contributed by atoms with Gasteiger partial charge in [-0.1, -0.05) is 5.16 Å². The van der Waals surface area contributed by atoms with Crippen LogP contribution in [0.5, 0.6) is 5.75 Å². The highest BCUT2D eigenvalue weighted by Crippen LogP contribution is 2.12. The third kappa shape index (κ3) is 3.67. The van der Waals surface area contributed by atoms with Gasteiger partial charge in [0, 0.05) is 11.6 Å². The molecule has 2 rings (SSSR count). The van der Waals surface area contributed by atoms with Crippen molar-refractivity contribution in [1.29, 1.82) is 0 Å². The molecule has 0 saturated carbocycles. The number of hydrogen-bond donors (Lipinski definition) is 1. The van der Waals surface area contributed by atoms with Gasteiger partial charge < -0.3 is 9.26 Å². The van der Waals surface area contributed by atoms with Crippen molar-refractivity contribution in [1.82, 2.24) is 5.16 Å². The molecule has 0 aliphatic rings. The second-order valence-corrected chi connectivity index (χ2v) is 3.86. The summed E-state index contributed by atoms with van der Waals surface area (Å²) in [5, 5.41) is 6.15. The van der Waals surface area contributed by atoms with Crippen molar-refractivity contribution in [3.63, 3.8) is 0 Å². The zero-order valence-electron chi connectivity index (χ0n) is 10.3. The highest BCUT2D eigenvalue weighted by Gasteiger charge is 2.07. The Morgan fingerprint density at radius 1 is 1.42 bits per heavy atom. The normalized spacial score (nSPS) is 9.95. The third-order valence-electron chi connectivity index (χ3n) is 2.28. The van der Waals surface area contributed by atoms with Gasteiger partial charge in [-0.15, -0.1) is 0 Å². The average molecular weight is 260 g/mol. The Bertz CT molecular complexity index is 575. The standard InChI is InChI=1S/C13H12N2O4/c1-9-6-13(19-15-9)14-12(17)8-18-11-4-2-10(7-16)3-5-11/h2-7H,8H2,1H3,(H,14,17). The molecule has 0 aliphatic heterocycles. The van der Waals surface area contributed by atoms with E-state index in [4.69, 9.17) is 9.26 Å². The summed E-state index contributed by atoms with van der Waals surface area (Å²) in [6, 6.07) is 8.07. The lowest BCUT2D eigenvalue weighted by Crippen LogP contribution is -2.19. The molecule has 2 aromatic rings. The number of carbonyl (C=O) groups excluding carboxylic acids is 2. The predicted octanol–water partition coefficient (Wildman–Crippen LogP) is 1.81. The van der Waals surface area contributed by atoms with E-state index >= 15 is 0 Å². The predicted molar refractivity (Wildman–Crippen MR) is 67.2 cm³/mol. The van der Waals surface area contributed by atoms with Gasteiger partial charge in [-0.2, -0.15) is 0 Å². The summed E-state index contributed by atoms with van der Waals surface area (Å²) in [5.74, 6) is 0.438. The number of aryl methyl sites for hydroxylation is 1. The Morgan fingerprint density at radius 2 is 2.16 bits per heavy atom. The lowest BCUT2D eigenvalue weighted by Gasteiger charge is -2.05. The van der Waals surface area contributed by atoms with Gasteiger partial charge in [-0.05, 0) is 31.2 Å². The van der Waals surface area contributed by atoms with E-state index in [2.05, 4.69) is 10.5 Å². The molecule has 1 aromatic heterocycles. The van der Waals surface area contributed by atoms with E-state index in [0.717, 1.165) is 6.29 Å². The highest BCUT2D eigenvalue weighted by atomic mass is 16.5. The summed E-state index contributed by atoms with van der Waals surface area (Å²) in [6.07, 6.45) is 0.739. The van der Waals surface area contributed by atoms with E-state index in [1.165, 1.54) is 0 Å². The topological polar surface area (TPSA) is 81.4 Å². The molecule has 0 radical (unpaired) electrons. The number of nitrogens with zero attached hydrogens (tertiary/aromatic N) is 1. The number of anilines is 1. The van der Waals surface area contributed by atoms with E-state index in [1.807, 2.05) is 0 Å². The maximum Gasteiger partial charge on any atom is 0.264 e. The van der Waals surface area contributed by atoms with Crippen LogP contribution >= 0.6 is 0 Å². The Labute approximate surface area is 109 Å². The van der Waals surface area contributed by atoms with Crippen LogP contribution in [0.15, 0.2) is 34.9 Å². The quantitative estimate of drug-likeness (QED) is 0.829. The minimum absolute atomic E-state index is 0.153. The number of hydrogen-bond acceptors (Lipinski definition) is 5. The van der Waals surface area contributed by atoms with Crippen LogP contribution in [0.2, 0.25) is 0 Å². The fourth-order valence-corrected chi connectivity index (χ4v) is 1.39. The summed E-state index contributed by atoms with van der Waals surface area (Å²) in [4.78, 5) is 22.0. The van der Waals surface area contributed by atoms with Crippen LogP contribution in [-0.4, -0.2) is 24.0 Å². The zero-order chi connectivity index (χ0) is 13.7. The number of aromatic nitrogens is 1. The molecule has 0 atom stereocenters. The first kappa shape index (κ1) is 12.8. The number of nitrogens with one attached hydrogen (secondary N) is 1. The molecule has 0 bridgehead atoms. The number of rotatable bonds is 5. The number of benzene rings is 1. The monoisotopic (exact) mass is 260 g/mol. The summed E-state index contributed by atoms with van der Waals surface area (Å²) in [7, 11) is 0. The van der Waals surface area contributed by atoms with Gasteiger partial charge in [-0.25, -0.2) is 0 Å². The number of amides is 1. The van der Waals surface area contributed by atoms with Gasteiger partial charge in [0.05, 0.1) is 5.69 Å². The molecular weight excluding hydrogens is 248 g/mol. The van der Waals surface area contributed by atoms with Crippen LogP contribution in [0.25, 0.3) is 0 Å². The SMILES string of the molecule is Cc1cc(NC(=O)COc2ccc(C=O)cc2)on1. The van der Waals surface area contributed by atoms with Crippen molar-refractivity contribution >= 4 is 18.1 Å². The van der Waals surface area contributed by atoms with Crippen molar-refractivity contribution in [3.05, 3.63) is 41.6 Å². The molecule has 1 amide bonds. The maximum atomic E-state index is 11.5. The molecule has 0 saturated heterocycles. The van der Waals surface area contributed by atoms with Crippen molar-refractivity contribution in [3.8, 4) is 5.75 Å². The fourth-order valence-electron chi connectivity index (χ4n) is 1.39. The molecule has 98 valence electrons. The minimum Gasteiger partial charge on any atom is -0.484 e. The van der Waals surface area contributed by atoms with Crippen LogP contribution in [0.3, 0.4) is 0 Å². The fraction of sp³-hybridized carbons (Fsp3) is 0.154. The molecule has 0 fully saturated rings. The smallest absolute Gasteiger partial charge is 0.264 e. The average Bonchev–Trinajstić information content (AvgIpc) is 2.82. The van der Waals surface area contributed by atoms with Crippen LogP contribution in [0.4, 0.5) is 5.88 Å². The first-order chi connectivity index (χ1) is 9.17. The van der Waals surface area contributed by atoms with Gasteiger partial charge in [0.15, 0.2) is 6.61 Å². The van der Waals surface area contributed by atoms with Crippen LogP contribution in [-0.2, 0) is 4.79 Å². The molecule has 0 aliphatic carbocycles. The van der Waals surface area contributed by atoms with E-state index in [-0.39, 0.29) is 18.4 Å². The maximum absolute atomic E-state index is 11.5.